The molecule has 0 atom stereocenters. The van der Waals surface area contributed by atoms with Gasteiger partial charge in [-0.25, -0.2) is 0 Å². The summed E-state index contributed by atoms with van der Waals surface area (Å²) in [4.78, 5) is 5.24. The fourth-order valence-electron chi connectivity index (χ4n) is 3.36. The molecule has 0 bridgehead atoms. The lowest BCUT2D eigenvalue weighted by Gasteiger charge is -2.54. The monoisotopic (exact) mass is 209 g/mol. The first-order chi connectivity index (χ1) is 7.31. The summed E-state index contributed by atoms with van der Waals surface area (Å²) in [6.45, 7) is 7.30. The first-order valence-electron chi connectivity index (χ1n) is 6.48. The first kappa shape index (κ1) is 10.1. The standard InChI is InChI=1S/C12H23N3/c13-5-8-14-9-12(10-14)3-6-15(7-4-12)11-1-2-11/h11H,1-10,13H2. The topological polar surface area (TPSA) is 32.5 Å². The molecule has 0 radical (unpaired) electrons. The summed E-state index contributed by atoms with van der Waals surface area (Å²) in [5.74, 6) is 0. The molecule has 0 unspecified atom stereocenters. The minimum absolute atomic E-state index is 0.695. The van der Waals surface area contributed by atoms with Crippen molar-refractivity contribution in [3.05, 3.63) is 0 Å². The molecule has 2 aliphatic heterocycles. The summed E-state index contributed by atoms with van der Waals surface area (Å²) in [6, 6.07) is 0.975. The summed E-state index contributed by atoms with van der Waals surface area (Å²) >= 11 is 0. The van der Waals surface area contributed by atoms with Crippen molar-refractivity contribution in [1.29, 1.82) is 0 Å². The minimum Gasteiger partial charge on any atom is -0.329 e. The number of likely N-dealkylation sites (tertiary alicyclic amines) is 2. The third-order valence-electron chi connectivity index (χ3n) is 4.49. The molecule has 0 aromatic carbocycles. The van der Waals surface area contributed by atoms with E-state index in [-0.39, 0.29) is 0 Å². The SMILES string of the molecule is NCCN1CC2(CCN(C3CC3)CC2)C1. The van der Waals surface area contributed by atoms with Gasteiger partial charge in [-0.05, 0) is 44.2 Å². The van der Waals surface area contributed by atoms with Crippen molar-refractivity contribution < 1.29 is 0 Å². The average Bonchev–Trinajstić information content (AvgIpc) is 3.00. The van der Waals surface area contributed by atoms with E-state index in [2.05, 4.69) is 9.80 Å². The molecule has 0 aromatic rings. The highest BCUT2D eigenvalue weighted by molar-refractivity contribution is 5.00. The maximum Gasteiger partial charge on any atom is 0.0105 e. The van der Waals surface area contributed by atoms with Crippen LogP contribution in [0.2, 0.25) is 0 Å². The molecule has 1 saturated carbocycles. The van der Waals surface area contributed by atoms with Crippen LogP contribution in [-0.4, -0.2) is 55.1 Å². The van der Waals surface area contributed by atoms with Crippen LogP contribution in [0.15, 0.2) is 0 Å². The van der Waals surface area contributed by atoms with Crippen LogP contribution in [0.25, 0.3) is 0 Å². The Kier molecular flexibility index (Phi) is 2.49. The van der Waals surface area contributed by atoms with E-state index in [1.54, 1.807) is 0 Å². The Morgan fingerprint density at radius 1 is 1.13 bits per heavy atom. The lowest BCUT2D eigenvalue weighted by Crippen LogP contribution is -2.61. The smallest absolute Gasteiger partial charge is 0.0105 e. The zero-order valence-corrected chi connectivity index (χ0v) is 9.62. The molecule has 3 fully saturated rings. The fourth-order valence-corrected chi connectivity index (χ4v) is 3.36. The molecule has 0 aromatic heterocycles. The van der Waals surface area contributed by atoms with Gasteiger partial charge in [0.05, 0.1) is 0 Å². The second-order valence-electron chi connectivity index (χ2n) is 5.77. The number of piperidine rings is 1. The van der Waals surface area contributed by atoms with Gasteiger partial charge in [-0.2, -0.15) is 0 Å². The zero-order chi connectivity index (χ0) is 10.3. The summed E-state index contributed by atoms with van der Waals surface area (Å²) in [7, 11) is 0. The van der Waals surface area contributed by atoms with Crippen molar-refractivity contribution >= 4 is 0 Å². The van der Waals surface area contributed by atoms with Crippen molar-refractivity contribution in [1.82, 2.24) is 9.80 Å². The Morgan fingerprint density at radius 2 is 1.80 bits per heavy atom. The minimum atomic E-state index is 0.695. The van der Waals surface area contributed by atoms with Crippen LogP contribution in [0.4, 0.5) is 0 Å². The molecule has 15 heavy (non-hydrogen) atoms. The Bertz CT molecular complexity index is 221. The van der Waals surface area contributed by atoms with Gasteiger partial charge in [0.15, 0.2) is 0 Å². The largest absolute Gasteiger partial charge is 0.329 e. The van der Waals surface area contributed by atoms with Crippen molar-refractivity contribution in [2.75, 3.05) is 39.3 Å². The molecule has 2 saturated heterocycles. The number of hydrogen-bond acceptors (Lipinski definition) is 3. The molecule has 2 heterocycles. The van der Waals surface area contributed by atoms with Gasteiger partial charge in [-0.15, -0.1) is 0 Å². The predicted molar refractivity (Wildman–Crippen MR) is 61.8 cm³/mol. The van der Waals surface area contributed by atoms with Crippen LogP contribution in [0.1, 0.15) is 25.7 Å². The molecular weight excluding hydrogens is 186 g/mol. The van der Waals surface area contributed by atoms with Crippen molar-refractivity contribution in [3.63, 3.8) is 0 Å². The normalized spacial score (nSPS) is 31.8. The Hall–Kier alpha value is -0.120. The van der Waals surface area contributed by atoms with Gasteiger partial charge in [0.1, 0.15) is 0 Å². The lowest BCUT2D eigenvalue weighted by atomic mass is 9.72. The number of nitrogens with zero attached hydrogens (tertiary/aromatic N) is 2. The highest BCUT2D eigenvalue weighted by atomic mass is 15.2. The molecule has 0 amide bonds. The molecule has 3 rings (SSSR count). The van der Waals surface area contributed by atoms with Crippen LogP contribution >= 0.6 is 0 Å². The van der Waals surface area contributed by atoms with E-state index >= 15 is 0 Å². The van der Waals surface area contributed by atoms with E-state index in [4.69, 9.17) is 5.73 Å². The number of hydrogen-bond donors (Lipinski definition) is 1. The number of rotatable bonds is 3. The van der Waals surface area contributed by atoms with Gasteiger partial charge < -0.3 is 15.5 Å². The first-order valence-corrected chi connectivity index (χ1v) is 6.48. The van der Waals surface area contributed by atoms with E-state index in [9.17, 15) is 0 Å². The molecule has 3 aliphatic rings. The molecule has 1 spiro atoms. The molecule has 3 nitrogen and oxygen atoms in total. The number of nitrogens with two attached hydrogens (primary N) is 1. The van der Waals surface area contributed by atoms with Crippen LogP contribution in [-0.2, 0) is 0 Å². The van der Waals surface area contributed by atoms with E-state index < -0.39 is 0 Å². The van der Waals surface area contributed by atoms with Crippen LogP contribution in [0.3, 0.4) is 0 Å². The molecule has 3 heteroatoms. The lowest BCUT2D eigenvalue weighted by molar-refractivity contribution is -0.0458. The second-order valence-corrected chi connectivity index (χ2v) is 5.77. The molecule has 2 N–H and O–H groups in total. The highest BCUT2D eigenvalue weighted by Gasteiger charge is 2.45. The highest BCUT2D eigenvalue weighted by Crippen LogP contribution is 2.42. The van der Waals surface area contributed by atoms with Crippen LogP contribution in [0.5, 0.6) is 0 Å². The summed E-state index contributed by atoms with van der Waals surface area (Å²) in [5, 5.41) is 0. The van der Waals surface area contributed by atoms with Gasteiger partial charge in [0.2, 0.25) is 0 Å². The molecular formula is C12H23N3. The quantitative estimate of drug-likeness (QED) is 0.735. The van der Waals surface area contributed by atoms with Crippen molar-refractivity contribution in [3.8, 4) is 0 Å². The maximum atomic E-state index is 5.58. The third kappa shape index (κ3) is 1.93. The Morgan fingerprint density at radius 3 is 2.33 bits per heavy atom. The maximum absolute atomic E-state index is 5.58. The molecule has 86 valence electrons. The zero-order valence-electron chi connectivity index (χ0n) is 9.62. The van der Waals surface area contributed by atoms with Gasteiger partial charge in [0.25, 0.3) is 0 Å². The van der Waals surface area contributed by atoms with E-state index in [0.29, 0.717) is 5.41 Å². The van der Waals surface area contributed by atoms with Gasteiger partial charge in [-0.3, -0.25) is 0 Å². The van der Waals surface area contributed by atoms with Gasteiger partial charge >= 0.3 is 0 Å². The fraction of sp³-hybridized carbons (Fsp3) is 1.00. The van der Waals surface area contributed by atoms with Crippen LogP contribution in [0, 0.1) is 5.41 Å². The summed E-state index contributed by atoms with van der Waals surface area (Å²) in [5.41, 5.74) is 6.27. The summed E-state index contributed by atoms with van der Waals surface area (Å²) in [6.07, 6.45) is 5.80. The summed E-state index contributed by atoms with van der Waals surface area (Å²) < 4.78 is 0. The predicted octanol–water partition coefficient (Wildman–Crippen LogP) is 0.505. The molecule has 1 aliphatic carbocycles. The van der Waals surface area contributed by atoms with E-state index in [0.717, 1.165) is 19.1 Å². The van der Waals surface area contributed by atoms with E-state index in [1.807, 2.05) is 0 Å². The van der Waals surface area contributed by atoms with Crippen LogP contribution < -0.4 is 5.73 Å². The third-order valence-corrected chi connectivity index (χ3v) is 4.49. The van der Waals surface area contributed by atoms with Crippen molar-refractivity contribution in [2.24, 2.45) is 11.1 Å². The van der Waals surface area contributed by atoms with Gasteiger partial charge in [0, 0.05) is 32.2 Å². The van der Waals surface area contributed by atoms with Crippen molar-refractivity contribution in [2.45, 2.75) is 31.7 Å². The second kappa shape index (κ2) is 3.72. The average molecular weight is 209 g/mol. The van der Waals surface area contributed by atoms with E-state index in [1.165, 1.54) is 51.9 Å². The van der Waals surface area contributed by atoms with Gasteiger partial charge in [-0.1, -0.05) is 0 Å². The Balaban J connectivity index is 1.46. The Labute approximate surface area is 92.6 Å².